The molecule has 2 saturated heterocycles. The first-order chi connectivity index (χ1) is 14.3. The van der Waals surface area contributed by atoms with Gasteiger partial charge >= 0.3 is 0 Å². The van der Waals surface area contributed by atoms with Crippen molar-refractivity contribution < 1.29 is 17.9 Å². The number of thioether (sulfide) groups is 1. The molecule has 2 aromatic rings. The molecule has 0 spiro atoms. The number of aliphatic imine (C=N–C) groups is 1. The number of amides is 1. The smallest absolute Gasteiger partial charge is 0.252 e. The van der Waals surface area contributed by atoms with E-state index in [9.17, 15) is 13.2 Å². The van der Waals surface area contributed by atoms with E-state index in [-0.39, 0.29) is 35.1 Å². The van der Waals surface area contributed by atoms with Crippen LogP contribution in [0.2, 0.25) is 0 Å². The van der Waals surface area contributed by atoms with Gasteiger partial charge in [-0.15, -0.1) is 0 Å². The third-order valence-electron chi connectivity index (χ3n) is 5.19. The molecule has 0 unspecified atom stereocenters. The Morgan fingerprint density at radius 1 is 1.13 bits per heavy atom. The fourth-order valence-corrected chi connectivity index (χ4v) is 7.69. The summed E-state index contributed by atoms with van der Waals surface area (Å²) in [6, 6.07) is 15.1. The second-order valence-corrected chi connectivity index (χ2v) is 10.9. The average Bonchev–Trinajstić information content (AvgIpc) is 3.15. The molecule has 2 aliphatic rings. The van der Waals surface area contributed by atoms with Gasteiger partial charge in [0.1, 0.15) is 5.75 Å². The van der Waals surface area contributed by atoms with E-state index in [1.807, 2.05) is 67.3 Å². The summed E-state index contributed by atoms with van der Waals surface area (Å²) in [5.41, 5.74) is 2.87. The predicted octanol–water partition coefficient (Wildman–Crippen LogP) is 3.24. The van der Waals surface area contributed by atoms with E-state index in [0.29, 0.717) is 11.8 Å². The van der Waals surface area contributed by atoms with Crippen LogP contribution in [0.4, 0.5) is 5.69 Å². The number of nitrogens with zero attached hydrogens (tertiary/aromatic N) is 2. The standard InChI is InChI=1S/C22H24N2O4S2/c1-3-28-18-10-8-17(9-11-18)24-19-13-30(26,27)14-20(19)29-22(24)23-21(25)12-16-6-4-15(2)5-7-16/h4-11,19-20H,3,12-14H2,1-2H3/t19-,20-/m1/s1. The summed E-state index contributed by atoms with van der Waals surface area (Å²) in [6.45, 7) is 4.49. The highest BCUT2D eigenvalue weighted by molar-refractivity contribution is 8.16. The van der Waals surface area contributed by atoms with Crippen LogP contribution in [0.3, 0.4) is 0 Å². The molecule has 158 valence electrons. The van der Waals surface area contributed by atoms with Gasteiger partial charge in [-0.3, -0.25) is 4.79 Å². The first kappa shape index (κ1) is 20.9. The highest BCUT2D eigenvalue weighted by Gasteiger charge is 2.49. The molecule has 0 aromatic heterocycles. The van der Waals surface area contributed by atoms with E-state index >= 15 is 0 Å². The van der Waals surface area contributed by atoms with Crippen molar-refractivity contribution in [2.75, 3.05) is 23.0 Å². The van der Waals surface area contributed by atoms with E-state index in [0.717, 1.165) is 22.6 Å². The lowest BCUT2D eigenvalue weighted by atomic mass is 10.1. The van der Waals surface area contributed by atoms with Crippen LogP contribution in [0.25, 0.3) is 0 Å². The lowest BCUT2D eigenvalue weighted by Gasteiger charge is -2.24. The average molecular weight is 445 g/mol. The van der Waals surface area contributed by atoms with Crippen molar-refractivity contribution >= 4 is 38.4 Å². The summed E-state index contributed by atoms with van der Waals surface area (Å²) in [5.74, 6) is 0.696. The van der Waals surface area contributed by atoms with E-state index in [1.54, 1.807) is 0 Å². The lowest BCUT2D eigenvalue weighted by molar-refractivity contribution is -0.117. The summed E-state index contributed by atoms with van der Waals surface area (Å²) >= 11 is 1.39. The molecule has 2 aliphatic heterocycles. The number of amidine groups is 1. The van der Waals surface area contributed by atoms with Crippen molar-refractivity contribution in [2.24, 2.45) is 4.99 Å². The molecule has 0 radical (unpaired) electrons. The number of aryl methyl sites for hydroxylation is 1. The Balaban J connectivity index is 1.61. The van der Waals surface area contributed by atoms with Crippen molar-refractivity contribution in [3.05, 3.63) is 59.7 Å². The van der Waals surface area contributed by atoms with E-state index in [1.165, 1.54) is 11.8 Å². The summed E-state index contributed by atoms with van der Waals surface area (Å²) < 4.78 is 29.9. The predicted molar refractivity (Wildman–Crippen MR) is 121 cm³/mol. The van der Waals surface area contributed by atoms with Crippen molar-refractivity contribution in [1.82, 2.24) is 0 Å². The largest absolute Gasteiger partial charge is 0.494 e. The molecule has 4 rings (SSSR count). The van der Waals surface area contributed by atoms with Crippen molar-refractivity contribution in [3.63, 3.8) is 0 Å². The maximum Gasteiger partial charge on any atom is 0.252 e. The molecule has 8 heteroatoms. The lowest BCUT2D eigenvalue weighted by Crippen LogP contribution is -2.37. The number of benzene rings is 2. The number of ether oxygens (including phenoxy) is 1. The summed E-state index contributed by atoms with van der Waals surface area (Å²) in [7, 11) is -3.09. The maximum atomic E-state index is 12.7. The van der Waals surface area contributed by atoms with Gasteiger partial charge < -0.3 is 9.64 Å². The maximum absolute atomic E-state index is 12.7. The highest BCUT2D eigenvalue weighted by atomic mass is 32.2. The van der Waals surface area contributed by atoms with Crippen LogP contribution >= 0.6 is 11.8 Å². The van der Waals surface area contributed by atoms with Gasteiger partial charge in [0.05, 0.1) is 30.6 Å². The second kappa shape index (κ2) is 8.43. The monoisotopic (exact) mass is 444 g/mol. The number of carbonyl (C=O) groups excluding carboxylic acids is 1. The van der Waals surface area contributed by atoms with Crippen LogP contribution in [0.5, 0.6) is 5.75 Å². The summed E-state index contributed by atoms with van der Waals surface area (Å²) in [6.07, 6.45) is 0.217. The third-order valence-corrected chi connectivity index (χ3v) is 8.40. The molecule has 0 aliphatic carbocycles. The van der Waals surface area contributed by atoms with E-state index in [4.69, 9.17) is 4.74 Å². The van der Waals surface area contributed by atoms with Crippen molar-refractivity contribution in [1.29, 1.82) is 0 Å². The zero-order chi connectivity index (χ0) is 21.3. The summed E-state index contributed by atoms with van der Waals surface area (Å²) in [4.78, 5) is 18.9. The molecular weight excluding hydrogens is 420 g/mol. The topological polar surface area (TPSA) is 76.0 Å². The Hall–Kier alpha value is -2.32. The third kappa shape index (κ3) is 4.54. The first-order valence-electron chi connectivity index (χ1n) is 9.91. The van der Waals surface area contributed by atoms with E-state index < -0.39 is 9.84 Å². The molecule has 2 fully saturated rings. The van der Waals surface area contributed by atoms with Gasteiger partial charge in [-0.25, -0.2) is 8.42 Å². The number of anilines is 1. The Morgan fingerprint density at radius 3 is 2.50 bits per heavy atom. The molecule has 30 heavy (non-hydrogen) atoms. The Bertz CT molecular complexity index is 1060. The minimum absolute atomic E-state index is 0.0725. The van der Waals surface area contributed by atoms with Gasteiger partial charge in [-0.05, 0) is 43.7 Å². The van der Waals surface area contributed by atoms with Crippen LogP contribution < -0.4 is 9.64 Å². The minimum atomic E-state index is -3.09. The molecule has 0 bridgehead atoms. The number of fused-ring (bicyclic) bond motifs is 1. The van der Waals surface area contributed by atoms with E-state index in [2.05, 4.69) is 4.99 Å². The zero-order valence-corrected chi connectivity index (χ0v) is 18.6. The van der Waals surface area contributed by atoms with Gasteiger partial charge in [0, 0.05) is 10.9 Å². The minimum Gasteiger partial charge on any atom is -0.494 e. The number of rotatable bonds is 5. The SMILES string of the molecule is CCOc1ccc(N2C(=NC(=O)Cc3ccc(C)cc3)S[C@@H]3CS(=O)(=O)C[C@H]32)cc1. The number of hydrogen-bond donors (Lipinski definition) is 0. The number of sulfone groups is 1. The molecule has 2 atom stereocenters. The van der Waals surface area contributed by atoms with Crippen LogP contribution in [0, 0.1) is 6.92 Å². The fraction of sp³-hybridized carbons (Fsp3) is 0.364. The van der Waals surface area contributed by atoms with Crippen molar-refractivity contribution in [3.8, 4) is 5.75 Å². The normalized spacial score (nSPS) is 23.5. The molecule has 0 saturated carbocycles. The molecule has 6 nitrogen and oxygen atoms in total. The molecule has 2 aromatic carbocycles. The van der Waals surface area contributed by atoms with Gasteiger partial charge in [0.25, 0.3) is 5.91 Å². The van der Waals surface area contributed by atoms with Crippen LogP contribution in [-0.2, 0) is 21.1 Å². The highest BCUT2D eigenvalue weighted by Crippen LogP contribution is 2.41. The zero-order valence-electron chi connectivity index (χ0n) is 16.9. The second-order valence-electron chi connectivity index (χ2n) is 7.55. The van der Waals surface area contributed by atoms with Crippen LogP contribution in [0.1, 0.15) is 18.1 Å². The molecule has 2 heterocycles. The summed E-state index contributed by atoms with van der Waals surface area (Å²) in [5, 5.41) is 0.452. The van der Waals surface area contributed by atoms with Crippen molar-refractivity contribution in [2.45, 2.75) is 31.6 Å². The Morgan fingerprint density at radius 2 is 1.83 bits per heavy atom. The molecule has 1 amide bonds. The number of hydrogen-bond acceptors (Lipinski definition) is 5. The quantitative estimate of drug-likeness (QED) is 0.705. The van der Waals surface area contributed by atoms with Gasteiger partial charge in [0.2, 0.25) is 0 Å². The molecule has 0 N–H and O–H groups in total. The first-order valence-corrected chi connectivity index (χ1v) is 12.6. The van der Waals surface area contributed by atoms with Crippen LogP contribution in [0.15, 0.2) is 53.5 Å². The Labute approximate surface area is 181 Å². The number of carbonyl (C=O) groups is 1. The van der Waals surface area contributed by atoms with Gasteiger partial charge in [-0.2, -0.15) is 4.99 Å². The fourth-order valence-electron chi connectivity index (χ4n) is 3.76. The van der Waals surface area contributed by atoms with Gasteiger partial charge in [0.15, 0.2) is 15.0 Å². The van der Waals surface area contributed by atoms with Crippen LogP contribution in [-0.4, -0.2) is 48.9 Å². The Kier molecular flexibility index (Phi) is 5.88. The molecular formula is C22H24N2O4S2. The van der Waals surface area contributed by atoms with Gasteiger partial charge in [-0.1, -0.05) is 41.6 Å².